The number of nitrogens with zero attached hydrogens (tertiary/aromatic N) is 1. The molecule has 1 saturated heterocycles. The van der Waals surface area contributed by atoms with Crippen LogP contribution in [0.5, 0.6) is 5.75 Å². The molecule has 1 aliphatic heterocycles. The Labute approximate surface area is 226 Å². The number of carboxylic acid groups (broad SMARTS) is 1. The molecule has 0 atom stereocenters. The molecular weight excluding hydrogens is 528 g/mol. The first kappa shape index (κ1) is 27.6. The van der Waals surface area contributed by atoms with Crippen LogP contribution in [0.1, 0.15) is 35.0 Å². The van der Waals surface area contributed by atoms with Gasteiger partial charge in [0, 0.05) is 35.3 Å². The van der Waals surface area contributed by atoms with E-state index in [1.807, 2.05) is 24.3 Å². The highest BCUT2D eigenvalue weighted by Crippen LogP contribution is 2.42. The molecular formula is C27H30N2O7S2. The molecule has 0 spiro atoms. The monoisotopic (exact) mass is 558 g/mol. The lowest BCUT2D eigenvalue weighted by Crippen LogP contribution is -2.42. The van der Waals surface area contributed by atoms with Gasteiger partial charge in [-0.3, -0.25) is 0 Å². The van der Waals surface area contributed by atoms with Crippen LogP contribution < -0.4 is 10.1 Å². The lowest BCUT2D eigenvalue weighted by molar-refractivity contribution is -0.139. The molecule has 0 aliphatic carbocycles. The Morgan fingerprint density at radius 1 is 1.11 bits per heavy atom. The van der Waals surface area contributed by atoms with Crippen LogP contribution in [0.15, 0.2) is 59.5 Å². The maximum atomic E-state index is 12.9. The van der Waals surface area contributed by atoms with Crippen molar-refractivity contribution in [3.8, 4) is 16.2 Å². The molecule has 0 amide bonds. The Morgan fingerprint density at radius 2 is 1.82 bits per heavy atom. The van der Waals surface area contributed by atoms with Crippen LogP contribution >= 0.6 is 11.3 Å². The minimum atomic E-state index is -3.51. The topological polar surface area (TPSA) is 122 Å². The number of rotatable bonds is 10. The molecule has 2 N–H and O–H groups in total. The van der Waals surface area contributed by atoms with Crippen molar-refractivity contribution >= 4 is 39.0 Å². The predicted molar refractivity (Wildman–Crippen MR) is 145 cm³/mol. The zero-order chi connectivity index (χ0) is 27.3. The number of piperidine rings is 1. The van der Waals surface area contributed by atoms with Gasteiger partial charge in [-0.25, -0.2) is 18.0 Å². The van der Waals surface area contributed by atoms with Gasteiger partial charge in [0.05, 0.1) is 11.5 Å². The highest BCUT2D eigenvalue weighted by Gasteiger charge is 2.29. The normalized spacial score (nSPS) is 14.7. The summed E-state index contributed by atoms with van der Waals surface area (Å²) in [6, 6.07) is 16.3. The van der Waals surface area contributed by atoms with Crippen LogP contribution in [0.2, 0.25) is 0 Å². The molecule has 0 bridgehead atoms. The fourth-order valence-corrected chi connectivity index (χ4v) is 7.01. The number of carbonyl (C=O) groups is 2. The van der Waals surface area contributed by atoms with Gasteiger partial charge in [-0.05, 0) is 56.5 Å². The van der Waals surface area contributed by atoms with Gasteiger partial charge in [0.1, 0.15) is 5.75 Å². The van der Waals surface area contributed by atoms with Gasteiger partial charge in [-0.1, -0.05) is 30.3 Å². The standard InChI is InChI=1S/C27H30N2O7S2/c1-3-35-27(32)26-24(36-17-23(30)31)18(2)25(37-26)19-8-7-9-21(16-19)28-20-12-14-29(15-13-20)38(33,34)22-10-5-4-6-11-22/h4-11,16,20,28H,3,12-15,17H2,1-2H3,(H,30,31). The van der Waals surface area contributed by atoms with E-state index < -0.39 is 28.6 Å². The van der Waals surface area contributed by atoms with Crippen molar-refractivity contribution in [1.82, 2.24) is 4.31 Å². The van der Waals surface area contributed by atoms with Gasteiger partial charge < -0.3 is 19.9 Å². The second-order valence-corrected chi connectivity index (χ2v) is 11.8. The number of hydrogen-bond donors (Lipinski definition) is 2. The largest absolute Gasteiger partial charge is 0.480 e. The predicted octanol–water partition coefficient (Wildman–Crippen LogP) is 4.63. The molecule has 0 radical (unpaired) electrons. The Bertz CT molecular complexity index is 1400. The van der Waals surface area contributed by atoms with E-state index >= 15 is 0 Å². The van der Waals surface area contributed by atoms with Crippen LogP contribution in [-0.4, -0.2) is 62.1 Å². The quantitative estimate of drug-likeness (QED) is 0.346. The molecule has 1 aromatic heterocycles. The molecule has 38 heavy (non-hydrogen) atoms. The number of benzene rings is 2. The summed E-state index contributed by atoms with van der Waals surface area (Å²) in [6.45, 7) is 3.96. The van der Waals surface area contributed by atoms with Gasteiger partial charge in [0.25, 0.3) is 0 Å². The van der Waals surface area contributed by atoms with Crippen LogP contribution in [0.3, 0.4) is 0 Å². The molecule has 2 aromatic carbocycles. The molecule has 11 heteroatoms. The summed E-state index contributed by atoms with van der Waals surface area (Å²) < 4.78 is 38.0. The number of anilines is 1. The van der Waals surface area contributed by atoms with Gasteiger partial charge in [-0.2, -0.15) is 4.31 Å². The number of thiophene rings is 1. The van der Waals surface area contributed by atoms with Gasteiger partial charge in [0.15, 0.2) is 11.5 Å². The average molecular weight is 559 g/mol. The first-order valence-electron chi connectivity index (χ1n) is 12.3. The summed E-state index contributed by atoms with van der Waals surface area (Å²) in [5.74, 6) is -1.48. The van der Waals surface area contributed by atoms with Crippen LogP contribution in [0, 0.1) is 6.92 Å². The molecule has 1 aliphatic rings. The smallest absolute Gasteiger partial charge is 0.352 e. The molecule has 3 aromatic rings. The number of carbonyl (C=O) groups excluding carboxylic acids is 1. The molecule has 2 heterocycles. The van der Waals surface area contributed by atoms with Crippen molar-refractivity contribution in [2.24, 2.45) is 0 Å². The molecule has 0 saturated carbocycles. The van der Waals surface area contributed by atoms with Crippen molar-refractivity contribution in [3.63, 3.8) is 0 Å². The van der Waals surface area contributed by atoms with E-state index in [0.29, 0.717) is 36.4 Å². The molecule has 202 valence electrons. The zero-order valence-corrected chi connectivity index (χ0v) is 22.8. The minimum Gasteiger partial charge on any atom is -0.480 e. The van der Waals surface area contributed by atoms with E-state index in [9.17, 15) is 18.0 Å². The van der Waals surface area contributed by atoms with Crippen molar-refractivity contribution in [3.05, 3.63) is 65.0 Å². The zero-order valence-electron chi connectivity index (χ0n) is 21.2. The number of aliphatic carboxylic acids is 1. The average Bonchev–Trinajstić information content (AvgIpc) is 3.24. The van der Waals surface area contributed by atoms with E-state index in [1.54, 1.807) is 44.2 Å². The first-order chi connectivity index (χ1) is 18.2. The third-order valence-corrected chi connectivity index (χ3v) is 9.44. The van der Waals surface area contributed by atoms with Gasteiger partial charge in [0.2, 0.25) is 10.0 Å². The molecule has 1 fully saturated rings. The van der Waals surface area contributed by atoms with Crippen molar-refractivity contribution in [1.29, 1.82) is 0 Å². The Balaban J connectivity index is 1.49. The summed E-state index contributed by atoms with van der Waals surface area (Å²) in [6.07, 6.45) is 1.32. The van der Waals surface area contributed by atoms with E-state index in [-0.39, 0.29) is 23.3 Å². The van der Waals surface area contributed by atoms with Crippen molar-refractivity contribution in [2.75, 3.05) is 31.6 Å². The summed E-state index contributed by atoms with van der Waals surface area (Å²) in [4.78, 5) is 24.9. The van der Waals surface area contributed by atoms with E-state index in [4.69, 9.17) is 14.6 Å². The third kappa shape index (κ3) is 6.17. The number of esters is 1. The second-order valence-electron chi connectivity index (χ2n) is 8.83. The Kier molecular flexibility index (Phi) is 8.70. The SMILES string of the molecule is CCOC(=O)c1sc(-c2cccc(NC3CCN(S(=O)(=O)c4ccccc4)CC3)c2)c(C)c1OCC(=O)O. The second kappa shape index (κ2) is 12.0. The lowest BCUT2D eigenvalue weighted by Gasteiger charge is -2.32. The number of sulfonamides is 1. The minimum absolute atomic E-state index is 0.0986. The third-order valence-electron chi connectivity index (χ3n) is 6.22. The number of ether oxygens (including phenoxy) is 2. The number of nitrogens with one attached hydrogen (secondary N) is 1. The van der Waals surface area contributed by atoms with Crippen molar-refractivity contribution < 1.29 is 32.6 Å². The number of hydrogen-bond acceptors (Lipinski definition) is 8. The lowest BCUT2D eigenvalue weighted by atomic mass is 10.0. The summed E-state index contributed by atoms with van der Waals surface area (Å²) in [7, 11) is -3.51. The molecule has 4 rings (SSSR count). The highest BCUT2D eigenvalue weighted by molar-refractivity contribution is 7.89. The van der Waals surface area contributed by atoms with E-state index in [1.165, 1.54) is 15.6 Å². The van der Waals surface area contributed by atoms with Gasteiger partial charge >= 0.3 is 11.9 Å². The maximum Gasteiger partial charge on any atom is 0.352 e. The van der Waals surface area contributed by atoms with Crippen LogP contribution in [0.4, 0.5) is 5.69 Å². The van der Waals surface area contributed by atoms with Crippen LogP contribution in [-0.2, 0) is 19.6 Å². The first-order valence-corrected chi connectivity index (χ1v) is 14.5. The Hall–Kier alpha value is -3.41. The summed E-state index contributed by atoms with van der Waals surface area (Å²) in [5, 5.41) is 12.6. The van der Waals surface area contributed by atoms with E-state index in [2.05, 4.69) is 5.32 Å². The maximum absolute atomic E-state index is 12.9. The Morgan fingerprint density at radius 3 is 2.47 bits per heavy atom. The van der Waals surface area contributed by atoms with Crippen molar-refractivity contribution in [2.45, 2.75) is 37.6 Å². The summed E-state index contributed by atoms with van der Waals surface area (Å²) >= 11 is 1.20. The fraction of sp³-hybridized carbons (Fsp3) is 0.333. The molecule has 0 unspecified atom stereocenters. The summed E-state index contributed by atoms with van der Waals surface area (Å²) in [5.41, 5.74) is 2.37. The van der Waals surface area contributed by atoms with Gasteiger partial charge in [-0.15, -0.1) is 11.3 Å². The highest BCUT2D eigenvalue weighted by atomic mass is 32.2. The van der Waals surface area contributed by atoms with Crippen LogP contribution in [0.25, 0.3) is 10.4 Å². The molecule has 9 nitrogen and oxygen atoms in total. The van der Waals surface area contributed by atoms with E-state index in [0.717, 1.165) is 16.1 Å². The number of carboxylic acids is 1. The fourth-order valence-electron chi connectivity index (χ4n) is 4.38.